The summed E-state index contributed by atoms with van der Waals surface area (Å²) in [5, 5.41) is 4.02. The molecule has 9 heteroatoms. The van der Waals surface area contributed by atoms with Crippen LogP contribution in [0.3, 0.4) is 0 Å². The number of hydrogen-bond acceptors (Lipinski definition) is 9. The van der Waals surface area contributed by atoms with Gasteiger partial charge < -0.3 is 19.1 Å². The van der Waals surface area contributed by atoms with Crippen molar-refractivity contribution in [1.82, 2.24) is 25.0 Å². The number of rotatable bonds is 6. The first kappa shape index (κ1) is 20.0. The molecule has 0 N–H and O–H groups in total. The Labute approximate surface area is 172 Å². The Hall–Kier alpha value is -2.26. The largest absolute Gasteiger partial charge is 0.374 e. The quantitative estimate of drug-likeness (QED) is 0.724. The Morgan fingerprint density at radius 3 is 2.45 bits per heavy atom. The van der Waals surface area contributed by atoms with E-state index in [4.69, 9.17) is 9.26 Å². The van der Waals surface area contributed by atoms with Crippen molar-refractivity contribution in [2.75, 3.05) is 56.2 Å². The van der Waals surface area contributed by atoms with Gasteiger partial charge in [-0.05, 0) is 32.6 Å². The summed E-state index contributed by atoms with van der Waals surface area (Å²) in [5.74, 6) is 3.33. The fourth-order valence-electron chi connectivity index (χ4n) is 3.96. The van der Waals surface area contributed by atoms with E-state index < -0.39 is 0 Å². The van der Waals surface area contributed by atoms with E-state index in [2.05, 4.69) is 40.9 Å². The molecule has 0 radical (unpaired) electrons. The molecule has 0 aliphatic carbocycles. The van der Waals surface area contributed by atoms with E-state index >= 15 is 0 Å². The second-order valence-electron chi connectivity index (χ2n) is 7.82. The van der Waals surface area contributed by atoms with Gasteiger partial charge in [-0.15, -0.1) is 0 Å². The average molecular weight is 402 g/mol. The van der Waals surface area contributed by atoms with Gasteiger partial charge in [-0.25, -0.2) is 9.97 Å². The van der Waals surface area contributed by atoms with Gasteiger partial charge in [-0.3, -0.25) is 4.90 Å². The summed E-state index contributed by atoms with van der Waals surface area (Å²) in [4.78, 5) is 20.6. The van der Waals surface area contributed by atoms with Gasteiger partial charge >= 0.3 is 0 Å². The first-order chi connectivity index (χ1) is 14.2. The number of anilines is 2. The summed E-state index contributed by atoms with van der Waals surface area (Å²) < 4.78 is 10.7. The Balaban J connectivity index is 1.36. The Kier molecular flexibility index (Phi) is 6.56. The average Bonchev–Trinajstić information content (AvgIpc) is 3.11. The molecule has 1 unspecified atom stereocenters. The van der Waals surface area contributed by atoms with E-state index in [1.165, 1.54) is 19.3 Å². The molecular weight excluding hydrogens is 370 g/mol. The Morgan fingerprint density at radius 1 is 0.966 bits per heavy atom. The first-order valence-electron chi connectivity index (χ1n) is 10.6. The topological polar surface area (TPSA) is 83.7 Å². The highest BCUT2D eigenvalue weighted by atomic mass is 16.5. The van der Waals surface area contributed by atoms with Crippen LogP contribution in [0, 0.1) is 0 Å². The van der Waals surface area contributed by atoms with E-state index in [1.807, 2.05) is 6.92 Å². The van der Waals surface area contributed by atoms with Crippen LogP contribution in [0.2, 0.25) is 0 Å². The van der Waals surface area contributed by atoms with Gasteiger partial charge in [0.1, 0.15) is 24.1 Å². The summed E-state index contributed by atoms with van der Waals surface area (Å²) in [7, 11) is 1.65. The molecule has 9 nitrogen and oxygen atoms in total. The van der Waals surface area contributed by atoms with Gasteiger partial charge in [0.15, 0.2) is 5.82 Å². The molecule has 0 amide bonds. The molecule has 2 aromatic heterocycles. The molecule has 4 rings (SSSR count). The maximum atomic E-state index is 5.40. The van der Waals surface area contributed by atoms with Gasteiger partial charge in [0.2, 0.25) is 5.89 Å². The van der Waals surface area contributed by atoms with Crippen LogP contribution in [0.25, 0.3) is 0 Å². The molecule has 0 bridgehead atoms. The number of methoxy groups -OCH3 is 1. The molecule has 2 aliphatic rings. The molecule has 0 saturated carbocycles. The van der Waals surface area contributed by atoms with Crippen molar-refractivity contribution in [3.63, 3.8) is 0 Å². The predicted octanol–water partition coefficient (Wildman–Crippen LogP) is 2.27. The van der Waals surface area contributed by atoms with Gasteiger partial charge in [-0.2, -0.15) is 4.98 Å². The zero-order valence-corrected chi connectivity index (χ0v) is 17.5. The van der Waals surface area contributed by atoms with Gasteiger partial charge in [0.05, 0.1) is 6.54 Å². The monoisotopic (exact) mass is 401 g/mol. The van der Waals surface area contributed by atoms with Crippen molar-refractivity contribution in [2.24, 2.45) is 0 Å². The van der Waals surface area contributed by atoms with Crippen LogP contribution in [0.4, 0.5) is 11.6 Å². The van der Waals surface area contributed by atoms with Crippen molar-refractivity contribution in [3.05, 3.63) is 24.1 Å². The van der Waals surface area contributed by atoms with E-state index in [0.717, 1.165) is 57.3 Å². The fraction of sp³-hybridized carbons (Fsp3) is 0.700. The lowest BCUT2D eigenvalue weighted by Crippen LogP contribution is -2.32. The third-order valence-corrected chi connectivity index (χ3v) is 5.79. The van der Waals surface area contributed by atoms with Crippen LogP contribution in [0.15, 0.2) is 16.9 Å². The van der Waals surface area contributed by atoms with Crippen molar-refractivity contribution in [3.8, 4) is 0 Å². The predicted molar refractivity (Wildman–Crippen MR) is 110 cm³/mol. The molecule has 1 atom stereocenters. The molecule has 0 aromatic carbocycles. The number of aromatic nitrogens is 4. The third kappa shape index (κ3) is 5.02. The van der Waals surface area contributed by atoms with E-state index in [1.54, 1.807) is 13.4 Å². The van der Waals surface area contributed by atoms with Gasteiger partial charge in [0, 0.05) is 52.4 Å². The maximum Gasteiger partial charge on any atom is 0.240 e. The second kappa shape index (κ2) is 9.49. The van der Waals surface area contributed by atoms with Crippen LogP contribution >= 0.6 is 0 Å². The molecule has 2 saturated heterocycles. The van der Waals surface area contributed by atoms with Gasteiger partial charge in [-0.1, -0.05) is 5.16 Å². The lowest BCUT2D eigenvalue weighted by atomic mass is 10.1. The summed E-state index contributed by atoms with van der Waals surface area (Å²) in [6.07, 6.45) is 6.44. The van der Waals surface area contributed by atoms with E-state index in [9.17, 15) is 0 Å². The lowest BCUT2D eigenvalue weighted by molar-refractivity contribution is 0.109. The highest BCUT2D eigenvalue weighted by molar-refractivity contribution is 5.50. The number of hydrogen-bond donors (Lipinski definition) is 0. The fourth-order valence-corrected chi connectivity index (χ4v) is 3.96. The summed E-state index contributed by atoms with van der Waals surface area (Å²) in [6.45, 7) is 8.61. The van der Waals surface area contributed by atoms with Crippen molar-refractivity contribution >= 4 is 11.6 Å². The van der Waals surface area contributed by atoms with Gasteiger partial charge in [0.25, 0.3) is 0 Å². The standard InChI is InChI=1S/C20H31N7O2/c1-16(28-2)20-23-19(29-24-20)14-25-7-6-10-27(12-11-25)18-13-17(21-15-22-18)26-8-4-3-5-9-26/h13,15-16H,3-12,14H2,1-2H3. The third-order valence-electron chi connectivity index (χ3n) is 5.79. The number of nitrogens with zero attached hydrogens (tertiary/aromatic N) is 7. The molecule has 4 heterocycles. The highest BCUT2D eigenvalue weighted by Gasteiger charge is 2.21. The van der Waals surface area contributed by atoms with Crippen LogP contribution in [-0.4, -0.2) is 71.4 Å². The Morgan fingerprint density at radius 2 is 1.69 bits per heavy atom. The van der Waals surface area contributed by atoms with Crippen molar-refractivity contribution in [1.29, 1.82) is 0 Å². The molecule has 158 valence electrons. The maximum absolute atomic E-state index is 5.40. The van der Waals surface area contributed by atoms with Crippen LogP contribution in [-0.2, 0) is 11.3 Å². The van der Waals surface area contributed by atoms with E-state index in [0.29, 0.717) is 18.3 Å². The molecule has 29 heavy (non-hydrogen) atoms. The minimum atomic E-state index is -0.154. The van der Waals surface area contributed by atoms with Crippen LogP contribution < -0.4 is 9.80 Å². The minimum absolute atomic E-state index is 0.154. The van der Waals surface area contributed by atoms with Crippen LogP contribution in [0.5, 0.6) is 0 Å². The zero-order chi connectivity index (χ0) is 20.1. The molecule has 2 aromatic rings. The normalized spacial score (nSPS) is 19.9. The lowest BCUT2D eigenvalue weighted by Gasteiger charge is -2.29. The smallest absolute Gasteiger partial charge is 0.240 e. The second-order valence-corrected chi connectivity index (χ2v) is 7.82. The minimum Gasteiger partial charge on any atom is -0.374 e. The molecule has 2 fully saturated rings. The van der Waals surface area contributed by atoms with Crippen molar-refractivity contribution < 1.29 is 9.26 Å². The summed E-state index contributed by atoms with van der Waals surface area (Å²) in [5.41, 5.74) is 0. The van der Waals surface area contributed by atoms with Crippen molar-refractivity contribution in [2.45, 2.75) is 45.3 Å². The summed E-state index contributed by atoms with van der Waals surface area (Å²) in [6, 6.07) is 2.15. The SMILES string of the molecule is COC(C)c1noc(CN2CCCN(c3cc(N4CCCCC4)ncn3)CC2)n1. The molecule has 2 aliphatic heterocycles. The first-order valence-corrected chi connectivity index (χ1v) is 10.6. The number of piperidine rings is 1. The summed E-state index contributed by atoms with van der Waals surface area (Å²) >= 11 is 0. The van der Waals surface area contributed by atoms with E-state index in [-0.39, 0.29) is 6.10 Å². The highest BCUT2D eigenvalue weighted by Crippen LogP contribution is 2.22. The molecular formula is C20H31N7O2. The Bertz CT molecular complexity index is 778. The van der Waals surface area contributed by atoms with Crippen LogP contribution in [0.1, 0.15) is 50.4 Å². The zero-order valence-electron chi connectivity index (χ0n) is 17.5. The number of ether oxygens (including phenoxy) is 1. The molecule has 0 spiro atoms.